The summed E-state index contributed by atoms with van der Waals surface area (Å²) in [6.07, 6.45) is 2.32. The second kappa shape index (κ2) is 11.7. The van der Waals surface area contributed by atoms with Gasteiger partial charge in [-0.05, 0) is 12.8 Å². The number of carboxylic acid groups (broad SMARTS) is 1. The molecule has 8 nitrogen and oxygen atoms in total. The summed E-state index contributed by atoms with van der Waals surface area (Å²) >= 11 is 0. The number of amides is 2. The van der Waals surface area contributed by atoms with Gasteiger partial charge in [0.25, 0.3) is 0 Å². The lowest BCUT2D eigenvalue weighted by molar-refractivity contribution is -0.142. The zero-order valence-electron chi connectivity index (χ0n) is 12.1. The van der Waals surface area contributed by atoms with Crippen molar-refractivity contribution in [2.75, 3.05) is 26.9 Å². The lowest BCUT2D eigenvalue weighted by atomic mass is 10.1. The Bertz CT molecular complexity index is 359. The number of methoxy groups -OCH3 is 1. The molecule has 0 fully saturated rings. The smallest absolute Gasteiger partial charge is 0.326 e. The monoisotopic (exact) mass is 302 g/mol. The van der Waals surface area contributed by atoms with Crippen LogP contribution in [0, 0.1) is 0 Å². The van der Waals surface area contributed by atoms with E-state index >= 15 is 0 Å². The number of hydrogen-bond donors (Lipinski definition) is 3. The molecule has 2 amide bonds. The fourth-order valence-corrected chi connectivity index (χ4v) is 1.34. The number of carbonyl (C=O) groups is 3. The van der Waals surface area contributed by atoms with Crippen LogP contribution in [0.15, 0.2) is 12.7 Å². The molecule has 0 aliphatic carbocycles. The summed E-state index contributed by atoms with van der Waals surface area (Å²) in [5.41, 5.74) is 0. The first-order valence-electron chi connectivity index (χ1n) is 6.53. The van der Waals surface area contributed by atoms with Crippen molar-refractivity contribution >= 4 is 18.0 Å². The van der Waals surface area contributed by atoms with Crippen molar-refractivity contribution in [3.63, 3.8) is 0 Å². The summed E-state index contributed by atoms with van der Waals surface area (Å²) in [4.78, 5) is 33.4. The van der Waals surface area contributed by atoms with Crippen LogP contribution in [-0.4, -0.2) is 56.0 Å². The normalized spacial score (nSPS) is 11.3. The number of carboxylic acids is 1. The molecule has 0 aromatic heterocycles. The van der Waals surface area contributed by atoms with E-state index in [0.717, 1.165) is 6.42 Å². The van der Waals surface area contributed by atoms with Crippen LogP contribution >= 0.6 is 0 Å². The second-order valence-corrected chi connectivity index (χ2v) is 4.10. The van der Waals surface area contributed by atoms with Crippen molar-refractivity contribution in [2.24, 2.45) is 0 Å². The van der Waals surface area contributed by atoms with Crippen molar-refractivity contribution in [3.05, 3.63) is 12.7 Å². The van der Waals surface area contributed by atoms with Gasteiger partial charge in [-0.2, -0.15) is 0 Å². The van der Waals surface area contributed by atoms with Gasteiger partial charge in [0.05, 0.1) is 20.3 Å². The summed E-state index contributed by atoms with van der Waals surface area (Å²) in [6.45, 7) is 4.64. The molecule has 0 radical (unpaired) electrons. The van der Waals surface area contributed by atoms with E-state index < -0.39 is 24.0 Å². The molecule has 0 saturated heterocycles. The van der Waals surface area contributed by atoms with E-state index in [4.69, 9.17) is 9.84 Å². The first-order chi connectivity index (χ1) is 10.0. The number of aliphatic carboxylic acids is 1. The van der Waals surface area contributed by atoms with Gasteiger partial charge in [0.1, 0.15) is 6.04 Å². The molecular formula is C13H22N2O6. The molecule has 0 rings (SSSR count). The number of rotatable bonds is 11. The number of carbonyl (C=O) groups excluding carboxylic acids is 2. The maximum atomic E-state index is 11.5. The van der Waals surface area contributed by atoms with Crippen molar-refractivity contribution in [1.82, 2.24) is 10.6 Å². The molecule has 120 valence electrons. The third-order valence-electron chi connectivity index (χ3n) is 2.47. The van der Waals surface area contributed by atoms with Crippen LogP contribution in [0.1, 0.15) is 19.3 Å². The average molecular weight is 302 g/mol. The van der Waals surface area contributed by atoms with Crippen molar-refractivity contribution in [1.29, 1.82) is 0 Å². The Hall–Kier alpha value is -2.09. The summed E-state index contributed by atoms with van der Waals surface area (Å²) in [5.74, 6) is -1.74. The molecule has 0 bridgehead atoms. The zero-order chi connectivity index (χ0) is 16.1. The number of ether oxygens (including phenoxy) is 2. The molecule has 0 saturated carbocycles. The Morgan fingerprint density at radius 2 is 2.05 bits per heavy atom. The van der Waals surface area contributed by atoms with Crippen LogP contribution in [0.4, 0.5) is 4.79 Å². The molecule has 21 heavy (non-hydrogen) atoms. The highest BCUT2D eigenvalue weighted by atomic mass is 16.5. The lowest BCUT2D eigenvalue weighted by Gasteiger charge is -2.14. The predicted molar refractivity (Wildman–Crippen MR) is 74.8 cm³/mol. The van der Waals surface area contributed by atoms with Gasteiger partial charge in [0.15, 0.2) is 0 Å². The van der Waals surface area contributed by atoms with Gasteiger partial charge in [0.2, 0.25) is 0 Å². The molecule has 0 aromatic rings. The minimum Gasteiger partial charge on any atom is -0.480 e. The van der Waals surface area contributed by atoms with Crippen LogP contribution in [0.5, 0.6) is 0 Å². The first kappa shape index (κ1) is 18.9. The van der Waals surface area contributed by atoms with E-state index in [2.05, 4.69) is 21.9 Å². The molecule has 0 aliphatic rings. The second-order valence-electron chi connectivity index (χ2n) is 4.10. The standard InChI is InChI=1S/C13H22N2O6/c1-3-4-8-21-9-7-14-13(19)15-10(12(17)18)5-6-11(16)20-2/h3,10H,1,4-9H2,2H3,(H,17,18)(H2,14,15,19)/t10-/m0/s1. The van der Waals surface area contributed by atoms with Gasteiger partial charge in [0, 0.05) is 13.0 Å². The fourth-order valence-electron chi connectivity index (χ4n) is 1.34. The van der Waals surface area contributed by atoms with E-state index in [1.54, 1.807) is 6.08 Å². The third-order valence-corrected chi connectivity index (χ3v) is 2.47. The average Bonchev–Trinajstić information content (AvgIpc) is 2.46. The number of urea groups is 1. The molecule has 0 unspecified atom stereocenters. The fraction of sp³-hybridized carbons (Fsp3) is 0.615. The molecule has 1 atom stereocenters. The Balaban J connectivity index is 3.92. The van der Waals surface area contributed by atoms with Gasteiger partial charge in [-0.3, -0.25) is 4.79 Å². The maximum absolute atomic E-state index is 11.5. The topological polar surface area (TPSA) is 114 Å². The summed E-state index contributed by atoms with van der Waals surface area (Å²) in [7, 11) is 1.21. The number of hydrogen-bond acceptors (Lipinski definition) is 5. The summed E-state index contributed by atoms with van der Waals surface area (Å²) < 4.78 is 9.59. The van der Waals surface area contributed by atoms with Crippen LogP contribution < -0.4 is 10.6 Å². The Morgan fingerprint density at radius 1 is 1.33 bits per heavy atom. The van der Waals surface area contributed by atoms with E-state index in [1.807, 2.05) is 0 Å². The predicted octanol–water partition coefficient (Wildman–Crippen LogP) is 0.285. The molecule has 0 aliphatic heterocycles. The summed E-state index contributed by atoms with van der Waals surface area (Å²) in [6, 6.07) is -1.77. The largest absolute Gasteiger partial charge is 0.480 e. The van der Waals surface area contributed by atoms with Crippen LogP contribution in [0.3, 0.4) is 0 Å². The molecule has 3 N–H and O–H groups in total. The van der Waals surface area contributed by atoms with Gasteiger partial charge in [-0.1, -0.05) is 6.08 Å². The minimum absolute atomic E-state index is 0.0364. The molecular weight excluding hydrogens is 280 g/mol. The molecule has 8 heteroatoms. The molecule has 0 spiro atoms. The SMILES string of the molecule is C=CCCOCCNC(=O)N[C@@H](CCC(=O)OC)C(=O)O. The van der Waals surface area contributed by atoms with Gasteiger partial charge in [-0.25, -0.2) is 9.59 Å². The minimum atomic E-state index is -1.21. The maximum Gasteiger partial charge on any atom is 0.326 e. The first-order valence-corrected chi connectivity index (χ1v) is 6.53. The van der Waals surface area contributed by atoms with E-state index in [0.29, 0.717) is 13.2 Å². The Kier molecular flexibility index (Phi) is 10.5. The van der Waals surface area contributed by atoms with Gasteiger partial charge >= 0.3 is 18.0 Å². The Labute approximate surface area is 123 Å². The van der Waals surface area contributed by atoms with Crippen molar-refractivity contribution < 1.29 is 29.0 Å². The van der Waals surface area contributed by atoms with Crippen molar-refractivity contribution in [3.8, 4) is 0 Å². The highest BCUT2D eigenvalue weighted by molar-refractivity contribution is 5.83. The van der Waals surface area contributed by atoms with Crippen LogP contribution in [0.25, 0.3) is 0 Å². The molecule has 0 heterocycles. The van der Waals surface area contributed by atoms with Gasteiger partial charge in [-0.15, -0.1) is 6.58 Å². The van der Waals surface area contributed by atoms with E-state index in [-0.39, 0.29) is 19.4 Å². The number of nitrogens with one attached hydrogen (secondary N) is 2. The zero-order valence-corrected chi connectivity index (χ0v) is 12.1. The Morgan fingerprint density at radius 3 is 2.62 bits per heavy atom. The highest BCUT2D eigenvalue weighted by Gasteiger charge is 2.20. The molecule has 0 aromatic carbocycles. The van der Waals surface area contributed by atoms with Crippen molar-refractivity contribution in [2.45, 2.75) is 25.3 Å². The van der Waals surface area contributed by atoms with Crippen LogP contribution in [0.2, 0.25) is 0 Å². The summed E-state index contributed by atoms with van der Waals surface area (Å²) in [5, 5.41) is 13.7. The van der Waals surface area contributed by atoms with E-state index in [1.165, 1.54) is 7.11 Å². The third kappa shape index (κ3) is 10.4. The van der Waals surface area contributed by atoms with Gasteiger partial charge < -0.3 is 25.2 Å². The highest BCUT2D eigenvalue weighted by Crippen LogP contribution is 1.99. The van der Waals surface area contributed by atoms with Crippen LogP contribution in [-0.2, 0) is 19.1 Å². The quantitative estimate of drug-likeness (QED) is 0.287. The van der Waals surface area contributed by atoms with E-state index in [9.17, 15) is 14.4 Å². The number of esters is 1. The lowest BCUT2D eigenvalue weighted by Crippen LogP contribution is -2.46.